The van der Waals surface area contributed by atoms with Crippen molar-refractivity contribution in [1.29, 1.82) is 0 Å². The fourth-order valence-electron chi connectivity index (χ4n) is 2.17. The van der Waals surface area contributed by atoms with Gasteiger partial charge < -0.3 is 0 Å². The molecule has 1 aliphatic rings. The molecule has 0 heterocycles. The van der Waals surface area contributed by atoms with E-state index in [4.69, 9.17) is 6.42 Å². The number of halogens is 3. The molecule has 1 fully saturated rings. The maximum absolute atomic E-state index is 12.6. The standard InChI is InChI=1S/C12H18F3N/c1-4-11(2,3)16-10-7-5-6-9(8-10)12(13,14)15/h1,9-10,16H,5-8H2,2-3H3. The minimum atomic E-state index is -4.07. The summed E-state index contributed by atoms with van der Waals surface area (Å²) in [6.07, 6.45) is 3.03. The van der Waals surface area contributed by atoms with E-state index < -0.39 is 17.6 Å². The first kappa shape index (κ1) is 13.4. The van der Waals surface area contributed by atoms with Crippen LogP contribution >= 0.6 is 0 Å². The summed E-state index contributed by atoms with van der Waals surface area (Å²) in [6.45, 7) is 3.62. The van der Waals surface area contributed by atoms with Crippen molar-refractivity contribution in [3.63, 3.8) is 0 Å². The number of terminal acetylenes is 1. The second-order valence-electron chi connectivity index (χ2n) is 5.02. The van der Waals surface area contributed by atoms with Crippen molar-refractivity contribution in [3.05, 3.63) is 0 Å². The summed E-state index contributed by atoms with van der Waals surface area (Å²) >= 11 is 0. The Morgan fingerprint density at radius 1 is 1.25 bits per heavy atom. The summed E-state index contributed by atoms with van der Waals surface area (Å²) in [5.41, 5.74) is -0.530. The summed E-state index contributed by atoms with van der Waals surface area (Å²) in [5.74, 6) is 1.38. The van der Waals surface area contributed by atoms with Gasteiger partial charge in [0.1, 0.15) is 0 Å². The molecule has 16 heavy (non-hydrogen) atoms. The van der Waals surface area contributed by atoms with Gasteiger partial charge in [-0.25, -0.2) is 0 Å². The lowest BCUT2D eigenvalue weighted by molar-refractivity contribution is -0.184. The number of hydrogen-bond donors (Lipinski definition) is 1. The Morgan fingerprint density at radius 2 is 1.88 bits per heavy atom. The topological polar surface area (TPSA) is 12.0 Å². The van der Waals surface area contributed by atoms with Crippen molar-refractivity contribution in [3.8, 4) is 12.3 Å². The molecule has 0 aromatic carbocycles. The smallest absolute Gasteiger partial charge is 0.299 e. The highest BCUT2D eigenvalue weighted by atomic mass is 19.4. The molecule has 2 unspecified atom stereocenters. The zero-order valence-electron chi connectivity index (χ0n) is 9.69. The van der Waals surface area contributed by atoms with Gasteiger partial charge in [0, 0.05) is 6.04 Å². The van der Waals surface area contributed by atoms with E-state index in [2.05, 4.69) is 11.2 Å². The summed E-state index contributed by atoms with van der Waals surface area (Å²) in [5, 5.41) is 3.11. The number of rotatable bonds is 2. The minimum absolute atomic E-state index is 0.119. The molecule has 1 nitrogen and oxygen atoms in total. The van der Waals surface area contributed by atoms with E-state index in [1.165, 1.54) is 0 Å². The Balaban J connectivity index is 2.56. The van der Waals surface area contributed by atoms with Crippen molar-refractivity contribution in [2.75, 3.05) is 0 Å². The monoisotopic (exact) mass is 233 g/mol. The van der Waals surface area contributed by atoms with Crippen LogP contribution in [0.1, 0.15) is 39.5 Å². The molecule has 1 saturated carbocycles. The van der Waals surface area contributed by atoms with Crippen LogP contribution in [0.2, 0.25) is 0 Å². The molecule has 0 radical (unpaired) electrons. The van der Waals surface area contributed by atoms with Crippen LogP contribution in [-0.2, 0) is 0 Å². The van der Waals surface area contributed by atoms with Crippen LogP contribution in [0.25, 0.3) is 0 Å². The van der Waals surface area contributed by atoms with E-state index in [1.807, 2.05) is 13.8 Å². The van der Waals surface area contributed by atoms with Crippen LogP contribution < -0.4 is 5.32 Å². The summed E-state index contributed by atoms with van der Waals surface area (Å²) in [6, 6.07) is -0.119. The molecule has 2 atom stereocenters. The Morgan fingerprint density at radius 3 is 2.38 bits per heavy atom. The summed E-state index contributed by atoms with van der Waals surface area (Å²) in [4.78, 5) is 0. The van der Waals surface area contributed by atoms with Gasteiger partial charge in [0.25, 0.3) is 0 Å². The lowest BCUT2D eigenvalue weighted by Crippen LogP contribution is -2.48. The number of alkyl halides is 3. The van der Waals surface area contributed by atoms with Gasteiger partial charge >= 0.3 is 6.18 Å². The summed E-state index contributed by atoms with van der Waals surface area (Å²) in [7, 11) is 0. The van der Waals surface area contributed by atoms with Gasteiger partial charge in [0.2, 0.25) is 0 Å². The van der Waals surface area contributed by atoms with Crippen molar-refractivity contribution < 1.29 is 13.2 Å². The highest BCUT2D eigenvalue weighted by Gasteiger charge is 2.42. The minimum Gasteiger partial charge on any atom is -0.299 e. The molecule has 0 aliphatic heterocycles. The van der Waals surface area contributed by atoms with Crippen molar-refractivity contribution in [2.24, 2.45) is 5.92 Å². The average molecular weight is 233 g/mol. The van der Waals surface area contributed by atoms with Gasteiger partial charge in [-0.2, -0.15) is 13.2 Å². The third kappa shape index (κ3) is 3.71. The van der Waals surface area contributed by atoms with Crippen LogP contribution in [0, 0.1) is 18.3 Å². The summed E-state index contributed by atoms with van der Waals surface area (Å²) < 4.78 is 37.7. The van der Waals surface area contributed by atoms with Crippen molar-refractivity contribution in [1.82, 2.24) is 5.32 Å². The van der Waals surface area contributed by atoms with Gasteiger partial charge in [0.15, 0.2) is 0 Å². The zero-order chi connectivity index (χ0) is 12.4. The van der Waals surface area contributed by atoms with E-state index in [1.54, 1.807) is 0 Å². The third-order valence-electron chi connectivity index (χ3n) is 3.06. The second kappa shape index (κ2) is 4.67. The maximum atomic E-state index is 12.6. The highest BCUT2D eigenvalue weighted by molar-refractivity contribution is 5.08. The quantitative estimate of drug-likeness (QED) is 0.723. The molecule has 0 bridgehead atoms. The highest BCUT2D eigenvalue weighted by Crippen LogP contribution is 2.37. The molecule has 0 saturated heterocycles. The van der Waals surface area contributed by atoms with E-state index in [0.717, 1.165) is 6.42 Å². The average Bonchev–Trinajstić information content (AvgIpc) is 2.16. The normalized spacial score (nSPS) is 27.5. The lowest BCUT2D eigenvalue weighted by atomic mass is 9.84. The SMILES string of the molecule is C#CC(C)(C)NC1CCCC(C(F)(F)F)C1. The predicted octanol–water partition coefficient (Wildman–Crippen LogP) is 3.11. The van der Waals surface area contributed by atoms with E-state index in [0.29, 0.717) is 6.42 Å². The Bertz CT molecular complexity index is 275. The first-order chi connectivity index (χ1) is 7.24. The maximum Gasteiger partial charge on any atom is 0.391 e. The molecule has 0 amide bonds. The fourth-order valence-corrected chi connectivity index (χ4v) is 2.17. The second-order valence-corrected chi connectivity index (χ2v) is 5.02. The molecule has 0 aromatic rings. The number of nitrogens with one attached hydrogen (secondary N) is 1. The van der Waals surface area contributed by atoms with Crippen molar-refractivity contribution >= 4 is 0 Å². The molecule has 1 N–H and O–H groups in total. The third-order valence-corrected chi connectivity index (χ3v) is 3.06. The molecule has 0 spiro atoms. The lowest BCUT2D eigenvalue weighted by Gasteiger charge is -2.35. The Hall–Kier alpha value is -0.690. The molecular weight excluding hydrogens is 215 g/mol. The van der Waals surface area contributed by atoms with Crippen LogP contribution in [0.3, 0.4) is 0 Å². The fraction of sp³-hybridized carbons (Fsp3) is 0.833. The Labute approximate surface area is 94.8 Å². The van der Waals surface area contributed by atoms with E-state index in [-0.39, 0.29) is 18.9 Å². The van der Waals surface area contributed by atoms with Gasteiger partial charge in [-0.1, -0.05) is 12.3 Å². The van der Waals surface area contributed by atoms with E-state index in [9.17, 15) is 13.2 Å². The molecule has 4 heteroatoms. The van der Waals surface area contributed by atoms with Gasteiger partial charge in [-0.15, -0.1) is 6.42 Å². The predicted molar refractivity (Wildman–Crippen MR) is 57.8 cm³/mol. The van der Waals surface area contributed by atoms with Crippen LogP contribution in [0.15, 0.2) is 0 Å². The van der Waals surface area contributed by atoms with Gasteiger partial charge in [0.05, 0.1) is 11.5 Å². The van der Waals surface area contributed by atoms with Crippen LogP contribution in [0.5, 0.6) is 0 Å². The first-order valence-corrected chi connectivity index (χ1v) is 5.57. The van der Waals surface area contributed by atoms with Crippen molar-refractivity contribution in [2.45, 2.75) is 57.3 Å². The molecule has 92 valence electrons. The Kier molecular flexibility index (Phi) is 3.90. The van der Waals surface area contributed by atoms with Gasteiger partial charge in [-0.3, -0.25) is 5.32 Å². The van der Waals surface area contributed by atoms with E-state index >= 15 is 0 Å². The molecular formula is C12H18F3N. The van der Waals surface area contributed by atoms with Crippen LogP contribution in [-0.4, -0.2) is 17.8 Å². The zero-order valence-corrected chi connectivity index (χ0v) is 9.69. The van der Waals surface area contributed by atoms with Crippen LogP contribution in [0.4, 0.5) is 13.2 Å². The molecule has 1 aliphatic carbocycles. The first-order valence-electron chi connectivity index (χ1n) is 5.57. The molecule has 0 aromatic heterocycles. The number of hydrogen-bond acceptors (Lipinski definition) is 1. The van der Waals surface area contributed by atoms with Gasteiger partial charge in [-0.05, 0) is 33.1 Å². The largest absolute Gasteiger partial charge is 0.391 e. The molecule has 1 rings (SSSR count).